The quantitative estimate of drug-likeness (QED) is 0.326. The highest BCUT2D eigenvalue weighted by molar-refractivity contribution is 5.32. The van der Waals surface area contributed by atoms with E-state index in [2.05, 4.69) is 45.2 Å². The molecule has 1 aromatic carbocycles. The Morgan fingerprint density at radius 2 is 1.08 bits per heavy atom. The van der Waals surface area contributed by atoms with Crippen molar-refractivity contribution in [1.29, 1.82) is 0 Å². The van der Waals surface area contributed by atoms with Gasteiger partial charge in [0.05, 0.1) is 13.6 Å². The van der Waals surface area contributed by atoms with Crippen molar-refractivity contribution in [2.45, 2.75) is 104 Å². The van der Waals surface area contributed by atoms with Gasteiger partial charge in [-0.15, -0.1) is 0 Å². The van der Waals surface area contributed by atoms with Gasteiger partial charge >= 0.3 is 0 Å². The monoisotopic (exact) mass is 346 g/mol. The summed E-state index contributed by atoms with van der Waals surface area (Å²) < 4.78 is 0. The van der Waals surface area contributed by atoms with Gasteiger partial charge in [-0.1, -0.05) is 90.2 Å². The molecule has 1 unspecified atom stereocenters. The lowest BCUT2D eigenvalue weighted by Gasteiger charge is -2.14. The summed E-state index contributed by atoms with van der Waals surface area (Å²) in [5.41, 5.74) is 2.94. The minimum Gasteiger partial charge on any atom is -0.305 e. The molecular weight excluding hydrogens is 302 g/mol. The Labute approximate surface area is 158 Å². The zero-order chi connectivity index (χ0) is 18.2. The van der Waals surface area contributed by atoms with Crippen LogP contribution in [0.4, 0.5) is 5.69 Å². The van der Waals surface area contributed by atoms with Gasteiger partial charge in [0.25, 0.3) is 0 Å². The smallest absolute Gasteiger partial charge is 0.130 e. The highest BCUT2D eigenvalue weighted by Gasteiger charge is 2.06. The topological polar surface area (TPSA) is 4.44 Å². The highest BCUT2D eigenvalue weighted by atomic mass is 15.1. The molecule has 1 N–H and O–H groups in total. The average molecular weight is 347 g/mol. The number of rotatable bonds is 16. The van der Waals surface area contributed by atoms with E-state index in [9.17, 15) is 0 Å². The first kappa shape index (κ1) is 22.2. The molecule has 1 rings (SSSR count). The Balaban J connectivity index is 2.00. The summed E-state index contributed by atoms with van der Waals surface area (Å²) in [4.78, 5) is 1.57. The maximum Gasteiger partial charge on any atom is 0.130 e. The van der Waals surface area contributed by atoms with Crippen LogP contribution in [0.2, 0.25) is 0 Å². The standard InChI is InChI=1S/C24H43N/c1-4-6-8-9-10-11-12-13-14-15-16-22-25(3)24-20-18-23(19-21-24)17-7-5-2/h18-21H,4-17,22H2,1-3H3/p+1. The summed E-state index contributed by atoms with van der Waals surface area (Å²) in [7, 11) is 2.32. The van der Waals surface area contributed by atoms with Gasteiger partial charge in [-0.25, -0.2) is 0 Å². The van der Waals surface area contributed by atoms with E-state index in [0.29, 0.717) is 0 Å². The van der Waals surface area contributed by atoms with Gasteiger partial charge in [0.2, 0.25) is 0 Å². The second-order valence-electron chi connectivity index (χ2n) is 7.87. The fourth-order valence-electron chi connectivity index (χ4n) is 3.54. The normalized spacial score (nSPS) is 12.4. The number of benzene rings is 1. The Kier molecular flexibility index (Phi) is 13.7. The molecule has 1 heteroatoms. The molecule has 0 radical (unpaired) electrons. The molecule has 1 nitrogen and oxygen atoms in total. The van der Waals surface area contributed by atoms with Gasteiger partial charge in [-0.05, 0) is 43.4 Å². The van der Waals surface area contributed by atoms with Gasteiger partial charge in [-0.3, -0.25) is 0 Å². The molecule has 0 saturated carbocycles. The third-order valence-electron chi connectivity index (χ3n) is 5.42. The molecule has 1 aromatic rings. The van der Waals surface area contributed by atoms with Crippen LogP contribution in [-0.2, 0) is 6.42 Å². The average Bonchev–Trinajstić information content (AvgIpc) is 2.64. The fourth-order valence-corrected chi connectivity index (χ4v) is 3.54. The second kappa shape index (κ2) is 15.4. The maximum absolute atomic E-state index is 2.33. The number of quaternary nitrogens is 1. The third kappa shape index (κ3) is 11.4. The predicted molar refractivity (Wildman–Crippen MR) is 113 cm³/mol. The minimum atomic E-state index is 1.23. The highest BCUT2D eigenvalue weighted by Crippen LogP contribution is 2.11. The number of hydrogen-bond donors (Lipinski definition) is 1. The van der Waals surface area contributed by atoms with E-state index in [4.69, 9.17) is 0 Å². The summed E-state index contributed by atoms with van der Waals surface area (Å²) >= 11 is 0. The largest absolute Gasteiger partial charge is 0.305 e. The van der Waals surface area contributed by atoms with Crippen LogP contribution in [-0.4, -0.2) is 13.6 Å². The molecule has 1 atom stereocenters. The van der Waals surface area contributed by atoms with Crippen LogP contribution < -0.4 is 4.90 Å². The van der Waals surface area contributed by atoms with Gasteiger partial charge in [0.1, 0.15) is 5.69 Å². The van der Waals surface area contributed by atoms with Gasteiger partial charge in [-0.2, -0.15) is 0 Å². The first-order valence-corrected chi connectivity index (χ1v) is 11.2. The summed E-state index contributed by atoms with van der Waals surface area (Å²) in [5, 5.41) is 0. The van der Waals surface area contributed by atoms with E-state index in [-0.39, 0.29) is 0 Å². The summed E-state index contributed by atoms with van der Waals surface area (Å²) in [6, 6.07) is 9.32. The lowest BCUT2D eigenvalue weighted by atomic mass is 10.1. The van der Waals surface area contributed by atoms with E-state index in [0.717, 1.165) is 0 Å². The summed E-state index contributed by atoms with van der Waals surface area (Å²) in [5.74, 6) is 0. The van der Waals surface area contributed by atoms with E-state index in [1.165, 1.54) is 108 Å². The van der Waals surface area contributed by atoms with E-state index >= 15 is 0 Å². The van der Waals surface area contributed by atoms with Crippen LogP contribution in [0.25, 0.3) is 0 Å². The van der Waals surface area contributed by atoms with Crippen molar-refractivity contribution in [2.24, 2.45) is 0 Å². The molecule has 0 aliphatic rings. The minimum absolute atomic E-state index is 1.23. The Bertz CT molecular complexity index is 395. The maximum atomic E-state index is 2.33. The predicted octanol–water partition coefficient (Wildman–Crippen LogP) is 6.49. The lowest BCUT2D eigenvalue weighted by Crippen LogP contribution is -3.03. The van der Waals surface area contributed by atoms with Crippen molar-refractivity contribution in [3.8, 4) is 0 Å². The van der Waals surface area contributed by atoms with Crippen molar-refractivity contribution >= 4 is 5.69 Å². The Morgan fingerprint density at radius 3 is 1.60 bits per heavy atom. The first-order chi connectivity index (χ1) is 12.3. The molecule has 144 valence electrons. The number of unbranched alkanes of at least 4 members (excludes halogenated alkanes) is 11. The molecule has 0 heterocycles. The second-order valence-corrected chi connectivity index (χ2v) is 7.87. The number of nitrogens with one attached hydrogen (secondary N) is 1. The molecule has 0 aliphatic heterocycles. The van der Waals surface area contributed by atoms with Crippen molar-refractivity contribution in [3.05, 3.63) is 29.8 Å². The third-order valence-corrected chi connectivity index (χ3v) is 5.42. The van der Waals surface area contributed by atoms with E-state index in [1.807, 2.05) is 0 Å². The van der Waals surface area contributed by atoms with Crippen LogP contribution in [0.15, 0.2) is 24.3 Å². The Morgan fingerprint density at radius 1 is 0.600 bits per heavy atom. The molecule has 0 spiro atoms. The fraction of sp³-hybridized carbons (Fsp3) is 0.750. The lowest BCUT2D eigenvalue weighted by molar-refractivity contribution is -0.810. The van der Waals surface area contributed by atoms with Crippen molar-refractivity contribution in [3.63, 3.8) is 0 Å². The van der Waals surface area contributed by atoms with Crippen LogP contribution >= 0.6 is 0 Å². The Hall–Kier alpha value is -0.820. The van der Waals surface area contributed by atoms with Gasteiger partial charge < -0.3 is 4.90 Å². The molecule has 0 amide bonds. The molecule has 0 aliphatic carbocycles. The van der Waals surface area contributed by atoms with Gasteiger partial charge in [0.15, 0.2) is 0 Å². The summed E-state index contributed by atoms with van der Waals surface area (Å²) in [6.45, 7) is 5.83. The van der Waals surface area contributed by atoms with E-state index < -0.39 is 0 Å². The van der Waals surface area contributed by atoms with Crippen LogP contribution in [0.1, 0.15) is 103 Å². The van der Waals surface area contributed by atoms with Crippen LogP contribution in [0.5, 0.6) is 0 Å². The van der Waals surface area contributed by atoms with Crippen molar-refractivity contribution in [2.75, 3.05) is 13.6 Å². The number of aryl methyl sites for hydroxylation is 1. The molecule has 0 fully saturated rings. The summed E-state index contributed by atoms with van der Waals surface area (Å²) in [6.07, 6.45) is 19.5. The number of hydrogen-bond acceptors (Lipinski definition) is 0. The van der Waals surface area contributed by atoms with Crippen LogP contribution in [0, 0.1) is 0 Å². The zero-order valence-electron chi connectivity index (χ0n) is 17.4. The van der Waals surface area contributed by atoms with Crippen molar-refractivity contribution < 1.29 is 4.90 Å². The first-order valence-electron chi connectivity index (χ1n) is 11.2. The molecule has 0 saturated heterocycles. The molecule has 0 bridgehead atoms. The van der Waals surface area contributed by atoms with E-state index in [1.54, 1.807) is 4.90 Å². The van der Waals surface area contributed by atoms with Gasteiger partial charge in [0, 0.05) is 0 Å². The SMILES string of the molecule is CCCCCCCCCCCCC[NH+](C)c1ccc(CCCC)cc1. The van der Waals surface area contributed by atoms with Crippen LogP contribution in [0.3, 0.4) is 0 Å². The molecule has 25 heavy (non-hydrogen) atoms. The molecular formula is C24H44N+. The zero-order valence-corrected chi connectivity index (χ0v) is 17.4. The molecule has 0 aromatic heterocycles. The van der Waals surface area contributed by atoms with Crippen molar-refractivity contribution in [1.82, 2.24) is 0 Å².